The predicted octanol–water partition coefficient (Wildman–Crippen LogP) is 0.655. The molecule has 0 N–H and O–H groups in total. The highest BCUT2D eigenvalue weighted by molar-refractivity contribution is 6.22. The first-order valence-electron chi connectivity index (χ1n) is 6.12. The summed E-state index contributed by atoms with van der Waals surface area (Å²) in [5.74, 6) is -1.27. The van der Waals surface area contributed by atoms with Crippen molar-refractivity contribution in [2.24, 2.45) is 0 Å². The van der Waals surface area contributed by atoms with Gasteiger partial charge in [0.15, 0.2) is 0 Å². The molecule has 0 saturated heterocycles. The van der Waals surface area contributed by atoms with E-state index in [-0.39, 0.29) is 25.4 Å². The van der Waals surface area contributed by atoms with Crippen molar-refractivity contribution in [3.63, 3.8) is 0 Å². The van der Waals surface area contributed by atoms with E-state index in [1.54, 1.807) is 24.3 Å². The van der Waals surface area contributed by atoms with Crippen molar-refractivity contribution in [2.45, 2.75) is 6.42 Å². The number of benzene rings is 1. The van der Waals surface area contributed by atoms with Crippen molar-refractivity contribution < 1.29 is 14.4 Å². The highest BCUT2D eigenvalue weighted by Gasteiger charge is 2.36. The second kappa shape index (κ2) is 5.53. The lowest BCUT2D eigenvalue weighted by Gasteiger charge is -2.19. The molecule has 0 saturated carbocycles. The van der Waals surface area contributed by atoms with E-state index < -0.39 is 11.8 Å². The minimum Gasteiger partial charge on any atom is -0.343 e. The van der Waals surface area contributed by atoms with E-state index in [0.717, 1.165) is 4.90 Å². The van der Waals surface area contributed by atoms with E-state index in [1.165, 1.54) is 11.9 Å². The summed E-state index contributed by atoms with van der Waals surface area (Å²) in [5, 5.41) is 8.48. The van der Waals surface area contributed by atoms with E-state index in [9.17, 15) is 14.4 Å². The van der Waals surface area contributed by atoms with Crippen molar-refractivity contribution in [2.75, 3.05) is 20.1 Å². The number of rotatable bonds is 4. The van der Waals surface area contributed by atoms with Crippen LogP contribution in [0.25, 0.3) is 0 Å². The van der Waals surface area contributed by atoms with Gasteiger partial charge in [0.1, 0.15) is 6.54 Å². The lowest BCUT2D eigenvalue weighted by Crippen LogP contribution is -2.41. The Hall–Kier alpha value is -2.68. The number of imide groups is 1. The maximum absolute atomic E-state index is 12.1. The van der Waals surface area contributed by atoms with Gasteiger partial charge in [-0.15, -0.1) is 0 Å². The average Bonchev–Trinajstić information content (AvgIpc) is 2.70. The van der Waals surface area contributed by atoms with E-state index in [2.05, 4.69) is 0 Å². The molecule has 0 aromatic heterocycles. The summed E-state index contributed by atoms with van der Waals surface area (Å²) >= 11 is 0. The molecule has 0 spiro atoms. The molecule has 1 heterocycles. The first kappa shape index (κ1) is 13.7. The molecule has 0 aliphatic carbocycles. The van der Waals surface area contributed by atoms with Crippen molar-refractivity contribution in [3.8, 4) is 6.07 Å². The molecule has 1 aromatic rings. The Bertz CT molecular complexity index is 583. The number of hydrogen-bond acceptors (Lipinski definition) is 4. The molecular weight excluding hydrogens is 258 g/mol. The van der Waals surface area contributed by atoms with Crippen LogP contribution in [-0.4, -0.2) is 47.7 Å². The fraction of sp³-hybridized carbons (Fsp3) is 0.286. The third-order valence-electron chi connectivity index (χ3n) is 3.16. The smallest absolute Gasteiger partial charge is 0.262 e. The van der Waals surface area contributed by atoms with Gasteiger partial charge in [0.05, 0.1) is 23.6 Å². The van der Waals surface area contributed by atoms with Crippen LogP contribution in [0.1, 0.15) is 27.1 Å². The van der Waals surface area contributed by atoms with E-state index in [0.29, 0.717) is 11.1 Å². The Labute approximate surface area is 116 Å². The van der Waals surface area contributed by atoms with Gasteiger partial charge in [-0.2, -0.15) is 5.26 Å². The second-order valence-corrected chi connectivity index (χ2v) is 4.47. The molecular formula is C14H13N3O3. The normalized spacial score (nSPS) is 13.1. The van der Waals surface area contributed by atoms with Crippen LogP contribution < -0.4 is 0 Å². The number of carbonyl (C=O) groups excluding carboxylic acids is 3. The highest BCUT2D eigenvalue weighted by Crippen LogP contribution is 2.22. The van der Waals surface area contributed by atoms with Crippen LogP contribution >= 0.6 is 0 Å². The van der Waals surface area contributed by atoms with Crippen LogP contribution in [0.5, 0.6) is 0 Å². The lowest BCUT2D eigenvalue weighted by atomic mass is 10.1. The second-order valence-electron chi connectivity index (χ2n) is 4.47. The summed E-state index contributed by atoms with van der Waals surface area (Å²) in [6.07, 6.45) is 0.213. The summed E-state index contributed by atoms with van der Waals surface area (Å²) in [6, 6.07) is 8.43. The van der Waals surface area contributed by atoms with Gasteiger partial charge < -0.3 is 4.90 Å². The Balaban J connectivity index is 2.09. The Morgan fingerprint density at radius 2 is 1.80 bits per heavy atom. The molecule has 2 rings (SSSR count). The van der Waals surface area contributed by atoms with Crippen LogP contribution in [0.15, 0.2) is 24.3 Å². The Morgan fingerprint density at radius 1 is 1.25 bits per heavy atom. The third kappa shape index (κ3) is 2.38. The first-order valence-corrected chi connectivity index (χ1v) is 6.12. The summed E-state index contributed by atoms with van der Waals surface area (Å²) in [5.41, 5.74) is 0.648. The minimum atomic E-state index is -0.451. The standard InChI is InChI=1S/C14H13N3O3/c1-16(8-4-7-15)12(18)9-17-13(19)10-5-2-3-6-11(10)14(17)20/h2-3,5-6H,4,8-9H2,1H3. The molecule has 20 heavy (non-hydrogen) atoms. The zero-order valence-corrected chi connectivity index (χ0v) is 11.0. The van der Waals surface area contributed by atoms with E-state index in [1.807, 2.05) is 6.07 Å². The molecule has 0 unspecified atom stereocenters. The molecule has 6 heteroatoms. The number of fused-ring (bicyclic) bond motifs is 1. The van der Waals surface area contributed by atoms with Gasteiger partial charge >= 0.3 is 0 Å². The fourth-order valence-corrected chi connectivity index (χ4v) is 1.98. The Kier molecular flexibility index (Phi) is 3.80. The fourth-order valence-electron chi connectivity index (χ4n) is 1.98. The van der Waals surface area contributed by atoms with Gasteiger partial charge in [-0.25, -0.2) is 0 Å². The Morgan fingerprint density at radius 3 is 2.30 bits per heavy atom. The molecule has 1 aromatic carbocycles. The van der Waals surface area contributed by atoms with Gasteiger partial charge in [-0.05, 0) is 12.1 Å². The van der Waals surface area contributed by atoms with Crippen molar-refractivity contribution >= 4 is 17.7 Å². The number of amides is 3. The van der Waals surface area contributed by atoms with Crippen molar-refractivity contribution in [3.05, 3.63) is 35.4 Å². The number of likely N-dealkylation sites (N-methyl/N-ethyl adjacent to an activating group) is 1. The summed E-state index contributed by atoms with van der Waals surface area (Å²) in [6.45, 7) is -0.0211. The molecule has 0 atom stereocenters. The largest absolute Gasteiger partial charge is 0.343 e. The maximum Gasteiger partial charge on any atom is 0.262 e. The quantitative estimate of drug-likeness (QED) is 0.753. The van der Waals surface area contributed by atoms with Crippen LogP contribution in [0.3, 0.4) is 0 Å². The zero-order chi connectivity index (χ0) is 14.7. The molecule has 3 amide bonds. The van der Waals surface area contributed by atoms with Crippen molar-refractivity contribution in [1.82, 2.24) is 9.80 Å². The topological polar surface area (TPSA) is 81.5 Å². The maximum atomic E-state index is 12.1. The molecule has 0 radical (unpaired) electrons. The van der Waals surface area contributed by atoms with Gasteiger partial charge in [0.2, 0.25) is 5.91 Å². The monoisotopic (exact) mass is 271 g/mol. The van der Waals surface area contributed by atoms with Gasteiger partial charge in [0, 0.05) is 13.6 Å². The molecule has 0 fully saturated rings. The highest BCUT2D eigenvalue weighted by atomic mass is 16.2. The predicted molar refractivity (Wildman–Crippen MR) is 69.7 cm³/mol. The van der Waals surface area contributed by atoms with E-state index >= 15 is 0 Å². The summed E-state index contributed by atoms with van der Waals surface area (Å²) < 4.78 is 0. The van der Waals surface area contributed by atoms with Gasteiger partial charge in [-0.3, -0.25) is 19.3 Å². The van der Waals surface area contributed by atoms with Gasteiger partial charge in [-0.1, -0.05) is 12.1 Å². The summed E-state index contributed by atoms with van der Waals surface area (Å²) in [4.78, 5) is 38.3. The molecule has 6 nitrogen and oxygen atoms in total. The number of carbonyl (C=O) groups is 3. The SMILES string of the molecule is CN(CCC#N)C(=O)CN1C(=O)c2ccccc2C1=O. The van der Waals surface area contributed by atoms with Crippen molar-refractivity contribution in [1.29, 1.82) is 5.26 Å². The first-order chi connectivity index (χ1) is 9.56. The van der Waals surface area contributed by atoms with E-state index in [4.69, 9.17) is 5.26 Å². The van der Waals surface area contributed by atoms with Crippen LogP contribution in [0, 0.1) is 11.3 Å². The summed E-state index contributed by atoms with van der Waals surface area (Å²) in [7, 11) is 1.54. The van der Waals surface area contributed by atoms with Crippen LogP contribution in [0.2, 0.25) is 0 Å². The average molecular weight is 271 g/mol. The minimum absolute atomic E-state index is 0.213. The van der Waals surface area contributed by atoms with Crippen LogP contribution in [0.4, 0.5) is 0 Å². The third-order valence-corrected chi connectivity index (χ3v) is 3.16. The zero-order valence-electron chi connectivity index (χ0n) is 11.0. The molecule has 0 bridgehead atoms. The van der Waals surface area contributed by atoms with Crippen LogP contribution in [-0.2, 0) is 4.79 Å². The molecule has 102 valence electrons. The van der Waals surface area contributed by atoms with Gasteiger partial charge in [0.25, 0.3) is 11.8 Å². The number of nitrogens with zero attached hydrogens (tertiary/aromatic N) is 3. The molecule has 1 aliphatic rings. The molecule has 1 aliphatic heterocycles. The number of nitriles is 1. The number of hydrogen-bond donors (Lipinski definition) is 0. The lowest BCUT2D eigenvalue weighted by molar-refractivity contribution is -0.130.